The first-order chi connectivity index (χ1) is 18.7. The molecule has 1 aliphatic rings. The van der Waals surface area contributed by atoms with Crippen LogP contribution in [0.1, 0.15) is 19.3 Å². The minimum atomic E-state index is -4.51. The van der Waals surface area contributed by atoms with Crippen LogP contribution in [0.4, 0.5) is 13.2 Å². The number of carbonyl (C=O) groups excluding carboxylic acids is 1. The lowest BCUT2D eigenvalue weighted by atomic mass is 10.0. The van der Waals surface area contributed by atoms with Gasteiger partial charge in [-0.1, -0.05) is 24.3 Å². The van der Waals surface area contributed by atoms with Gasteiger partial charge in [0.05, 0.1) is 34.6 Å². The van der Waals surface area contributed by atoms with Crippen LogP contribution in [0.3, 0.4) is 0 Å². The molecule has 1 fully saturated rings. The number of carbonyl (C=O) groups is 1. The summed E-state index contributed by atoms with van der Waals surface area (Å²) in [6.07, 6.45) is 1.57. The van der Waals surface area contributed by atoms with E-state index in [-0.39, 0.29) is 13.0 Å². The smallest absolute Gasteiger partial charge is 0.329 e. The third-order valence-corrected chi connectivity index (χ3v) is 7.44. The Morgan fingerprint density at radius 3 is 2.46 bits per heavy atom. The molecule has 0 unspecified atom stereocenters. The van der Waals surface area contributed by atoms with Crippen molar-refractivity contribution in [1.29, 1.82) is 0 Å². The molecule has 1 amide bonds. The van der Waals surface area contributed by atoms with Gasteiger partial charge in [0, 0.05) is 30.7 Å². The van der Waals surface area contributed by atoms with Crippen LogP contribution in [-0.2, 0) is 18.4 Å². The summed E-state index contributed by atoms with van der Waals surface area (Å²) in [6, 6.07) is 12.5. The standard InChI is InChI=1S/C28H25F3N6O2/c1-34-24-16-32-14-20(21(24)15-33-34)18-9-11-19(12-10-18)37-23-7-3-2-6-22(23)36(27(37)39)17-26(38)35-13-5-4-8-25(35)28(29,30)31/h2-3,6-7,9-12,14-16,25H,4-5,8,13,17H2,1H3/t25-/m0/s1. The van der Waals surface area contributed by atoms with Crippen molar-refractivity contribution in [1.82, 2.24) is 28.8 Å². The Morgan fingerprint density at radius 1 is 0.974 bits per heavy atom. The predicted octanol–water partition coefficient (Wildman–Crippen LogP) is 4.68. The SMILES string of the molecule is Cn1ncc2c(-c3ccc(-n4c(=O)n(CC(=O)N5CCCC[C@H]5C(F)(F)F)c5ccccc54)cc3)cncc21. The van der Waals surface area contributed by atoms with Gasteiger partial charge in [0.25, 0.3) is 0 Å². The topological polar surface area (TPSA) is 78.0 Å². The molecule has 0 saturated carbocycles. The second-order valence-corrected chi connectivity index (χ2v) is 9.77. The molecule has 1 atom stereocenters. The van der Waals surface area contributed by atoms with Gasteiger partial charge < -0.3 is 4.90 Å². The van der Waals surface area contributed by atoms with Gasteiger partial charge in [0.15, 0.2) is 0 Å². The van der Waals surface area contributed by atoms with E-state index in [0.29, 0.717) is 29.6 Å². The molecule has 200 valence electrons. The molecule has 39 heavy (non-hydrogen) atoms. The number of hydrogen-bond donors (Lipinski definition) is 0. The minimum absolute atomic E-state index is 0.0242. The number of aryl methyl sites for hydroxylation is 1. The molecule has 0 aliphatic carbocycles. The third kappa shape index (κ3) is 4.27. The maximum atomic E-state index is 13.6. The van der Waals surface area contributed by atoms with Gasteiger partial charge in [-0.2, -0.15) is 18.3 Å². The number of fused-ring (bicyclic) bond motifs is 2. The number of aromatic nitrogens is 5. The highest BCUT2D eigenvalue weighted by Crippen LogP contribution is 2.32. The van der Waals surface area contributed by atoms with Crippen molar-refractivity contribution in [3.05, 3.63) is 77.6 Å². The molecular formula is C28H25F3N6O2. The number of pyridine rings is 1. The summed E-state index contributed by atoms with van der Waals surface area (Å²) in [6.45, 7) is -0.442. The highest BCUT2D eigenvalue weighted by atomic mass is 19.4. The summed E-state index contributed by atoms with van der Waals surface area (Å²) in [5.74, 6) is -0.713. The molecule has 0 N–H and O–H groups in total. The molecule has 1 aliphatic heterocycles. The number of amides is 1. The molecule has 8 nitrogen and oxygen atoms in total. The Bertz CT molecular complexity index is 1750. The summed E-state index contributed by atoms with van der Waals surface area (Å²) < 4.78 is 45.3. The fourth-order valence-electron chi connectivity index (χ4n) is 5.49. The zero-order chi connectivity index (χ0) is 27.3. The summed E-state index contributed by atoms with van der Waals surface area (Å²) in [5.41, 5.74) is 3.79. The van der Waals surface area contributed by atoms with E-state index in [9.17, 15) is 22.8 Å². The molecule has 1 saturated heterocycles. The lowest BCUT2D eigenvalue weighted by molar-refractivity contribution is -0.196. The van der Waals surface area contributed by atoms with Gasteiger partial charge >= 0.3 is 11.9 Å². The van der Waals surface area contributed by atoms with Crippen LogP contribution in [0.15, 0.2) is 71.9 Å². The Morgan fingerprint density at radius 2 is 1.72 bits per heavy atom. The van der Waals surface area contributed by atoms with Crippen LogP contribution >= 0.6 is 0 Å². The predicted molar refractivity (Wildman–Crippen MR) is 140 cm³/mol. The molecule has 11 heteroatoms. The highest BCUT2D eigenvalue weighted by molar-refractivity contribution is 5.93. The number of imidazole rings is 1. The molecule has 0 bridgehead atoms. The van der Waals surface area contributed by atoms with Gasteiger partial charge in [0.2, 0.25) is 5.91 Å². The van der Waals surface area contributed by atoms with E-state index in [1.54, 1.807) is 59.7 Å². The number of nitrogens with zero attached hydrogens (tertiary/aromatic N) is 6. The van der Waals surface area contributed by atoms with Crippen molar-refractivity contribution in [2.45, 2.75) is 38.0 Å². The van der Waals surface area contributed by atoms with Crippen LogP contribution in [-0.4, -0.2) is 53.5 Å². The number of benzene rings is 2. The van der Waals surface area contributed by atoms with Crippen molar-refractivity contribution in [3.8, 4) is 16.8 Å². The van der Waals surface area contributed by atoms with Gasteiger partial charge in [0.1, 0.15) is 12.6 Å². The van der Waals surface area contributed by atoms with Gasteiger partial charge in [-0.05, 0) is 49.1 Å². The summed E-state index contributed by atoms with van der Waals surface area (Å²) in [5, 5.41) is 5.25. The number of para-hydroxylation sites is 2. The van der Waals surface area contributed by atoms with E-state index in [1.807, 2.05) is 19.2 Å². The number of hydrogen-bond acceptors (Lipinski definition) is 4. The zero-order valence-corrected chi connectivity index (χ0v) is 21.1. The van der Waals surface area contributed by atoms with Crippen LogP contribution in [0.5, 0.6) is 0 Å². The summed E-state index contributed by atoms with van der Waals surface area (Å²) in [4.78, 5) is 32.0. The second-order valence-electron chi connectivity index (χ2n) is 9.77. The van der Waals surface area contributed by atoms with Gasteiger partial charge in [-0.25, -0.2) is 4.79 Å². The number of alkyl halides is 3. The monoisotopic (exact) mass is 534 g/mol. The number of piperidine rings is 1. The van der Waals surface area contributed by atoms with Crippen molar-refractivity contribution in [2.24, 2.45) is 7.05 Å². The normalized spacial score (nSPS) is 16.3. The van der Waals surface area contributed by atoms with Gasteiger partial charge in [-0.3, -0.25) is 23.6 Å². The van der Waals surface area contributed by atoms with Gasteiger partial charge in [-0.15, -0.1) is 0 Å². The van der Waals surface area contributed by atoms with E-state index in [4.69, 9.17) is 0 Å². The molecule has 0 radical (unpaired) electrons. The first-order valence-corrected chi connectivity index (χ1v) is 12.7. The number of halogens is 3. The third-order valence-electron chi connectivity index (χ3n) is 7.44. The zero-order valence-electron chi connectivity index (χ0n) is 21.1. The van der Waals surface area contributed by atoms with Crippen LogP contribution < -0.4 is 5.69 Å². The van der Waals surface area contributed by atoms with E-state index in [1.165, 1.54) is 9.13 Å². The minimum Gasteiger partial charge on any atom is -0.329 e. The molecule has 0 spiro atoms. The van der Waals surface area contributed by atoms with Crippen molar-refractivity contribution < 1.29 is 18.0 Å². The number of rotatable bonds is 4. The lowest BCUT2D eigenvalue weighted by Gasteiger charge is -2.36. The average Bonchev–Trinajstić information content (AvgIpc) is 3.45. The molecule has 3 aromatic heterocycles. The van der Waals surface area contributed by atoms with E-state index in [2.05, 4.69) is 10.1 Å². The number of likely N-dealkylation sites (tertiary alicyclic amines) is 1. The molecular weight excluding hydrogens is 509 g/mol. The fourth-order valence-corrected chi connectivity index (χ4v) is 5.49. The molecule has 6 rings (SSSR count). The molecule has 2 aromatic carbocycles. The first kappa shape index (κ1) is 24.9. The van der Waals surface area contributed by atoms with Crippen molar-refractivity contribution in [2.75, 3.05) is 6.54 Å². The molecule has 5 aromatic rings. The van der Waals surface area contributed by atoms with Crippen molar-refractivity contribution >= 4 is 27.8 Å². The summed E-state index contributed by atoms with van der Waals surface area (Å²) >= 11 is 0. The van der Waals surface area contributed by atoms with Crippen molar-refractivity contribution in [3.63, 3.8) is 0 Å². The van der Waals surface area contributed by atoms with Crippen LogP contribution in [0, 0.1) is 0 Å². The fraction of sp³-hybridized carbons (Fsp3) is 0.286. The second kappa shape index (κ2) is 9.40. The Kier molecular flexibility index (Phi) is 6.00. The average molecular weight is 535 g/mol. The van der Waals surface area contributed by atoms with E-state index >= 15 is 0 Å². The van der Waals surface area contributed by atoms with Crippen LogP contribution in [0.25, 0.3) is 38.8 Å². The largest absolute Gasteiger partial charge is 0.408 e. The Labute approximate surface area is 220 Å². The Hall–Kier alpha value is -4.41. The Balaban J connectivity index is 1.37. The maximum absolute atomic E-state index is 13.6. The van der Waals surface area contributed by atoms with E-state index in [0.717, 1.165) is 26.9 Å². The highest BCUT2D eigenvalue weighted by Gasteiger charge is 2.46. The first-order valence-electron chi connectivity index (χ1n) is 12.7. The quantitative estimate of drug-likeness (QED) is 0.335. The summed E-state index contributed by atoms with van der Waals surface area (Å²) in [7, 11) is 1.85. The van der Waals surface area contributed by atoms with Crippen LogP contribution in [0.2, 0.25) is 0 Å². The maximum Gasteiger partial charge on any atom is 0.408 e. The van der Waals surface area contributed by atoms with E-state index < -0.39 is 30.4 Å². The molecule has 4 heterocycles. The lowest BCUT2D eigenvalue weighted by Crippen LogP contribution is -2.52.